The maximum Gasteiger partial charge on any atom is 0.200 e. The van der Waals surface area contributed by atoms with Gasteiger partial charge in [-0.3, -0.25) is 14.6 Å². The minimum atomic E-state index is 0.558. The van der Waals surface area contributed by atoms with Crippen molar-refractivity contribution in [3.8, 4) is 17.1 Å². The third kappa shape index (κ3) is 2.32. The molecule has 1 aromatic carbocycles. The normalized spacial score (nSPS) is 10.7. The standard InChI is InChI=1S/C14H11BrN4S/c1-9-2-3-11(15)12(8-9)19-13(17-18-14(19)20)10-4-6-16-7-5-10/h2-8H,1H3,(H,18,20). The van der Waals surface area contributed by atoms with Gasteiger partial charge in [-0.05, 0) is 64.9 Å². The number of aromatic amines is 1. The summed E-state index contributed by atoms with van der Waals surface area (Å²) in [4.78, 5) is 4.03. The molecule has 0 aliphatic heterocycles. The molecular formula is C14H11BrN4S. The molecule has 2 aromatic heterocycles. The van der Waals surface area contributed by atoms with Crippen LogP contribution in [0.25, 0.3) is 17.1 Å². The third-order valence-corrected chi connectivity index (χ3v) is 3.90. The Labute approximate surface area is 129 Å². The van der Waals surface area contributed by atoms with Gasteiger partial charge in [-0.1, -0.05) is 6.07 Å². The quantitative estimate of drug-likeness (QED) is 0.711. The fraction of sp³-hybridized carbons (Fsp3) is 0.0714. The van der Waals surface area contributed by atoms with E-state index in [2.05, 4.69) is 37.2 Å². The summed E-state index contributed by atoms with van der Waals surface area (Å²) >= 11 is 8.94. The van der Waals surface area contributed by atoms with Crippen LogP contribution in [-0.2, 0) is 0 Å². The second-order valence-electron chi connectivity index (χ2n) is 4.38. The summed E-state index contributed by atoms with van der Waals surface area (Å²) in [6.07, 6.45) is 3.48. The molecule has 0 aliphatic rings. The predicted molar refractivity (Wildman–Crippen MR) is 84.4 cm³/mol. The van der Waals surface area contributed by atoms with E-state index in [0.717, 1.165) is 27.1 Å². The molecule has 1 N–H and O–H groups in total. The molecule has 0 amide bonds. The second kappa shape index (κ2) is 5.30. The van der Waals surface area contributed by atoms with E-state index < -0.39 is 0 Å². The number of hydrogen-bond acceptors (Lipinski definition) is 3. The van der Waals surface area contributed by atoms with Gasteiger partial charge >= 0.3 is 0 Å². The number of pyridine rings is 1. The van der Waals surface area contributed by atoms with Gasteiger partial charge in [-0.15, -0.1) is 0 Å². The lowest BCUT2D eigenvalue weighted by atomic mass is 10.2. The van der Waals surface area contributed by atoms with Gasteiger partial charge in [0.25, 0.3) is 0 Å². The molecule has 100 valence electrons. The van der Waals surface area contributed by atoms with Crippen LogP contribution in [-0.4, -0.2) is 19.7 Å². The number of nitrogens with zero attached hydrogens (tertiary/aromatic N) is 3. The number of benzene rings is 1. The summed E-state index contributed by atoms with van der Waals surface area (Å²) in [5, 5.41) is 7.19. The van der Waals surface area contributed by atoms with Crippen LogP contribution in [0, 0.1) is 11.7 Å². The zero-order valence-electron chi connectivity index (χ0n) is 10.7. The number of aromatic nitrogens is 4. The van der Waals surface area contributed by atoms with E-state index in [9.17, 15) is 0 Å². The summed E-state index contributed by atoms with van der Waals surface area (Å²) < 4.78 is 3.45. The monoisotopic (exact) mass is 346 g/mol. The molecule has 3 aromatic rings. The molecule has 0 aliphatic carbocycles. The predicted octanol–water partition coefficient (Wildman–Crippen LogP) is 4.06. The molecule has 4 nitrogen and oxygen atoms in total. The highest BCUT2D eigenvalue weighted by Gasteiger charge is 2.13. The van der Waals surface area contributed by atoms with E-state index in [1.54, 1.807) is 12.4 Å². The van der Waals surface area contributed by atoms with Crippen molar-refractivity contribution in [1.82, 2.24) is 19.7 Å². The van der Waals surface area contributed by atoms with E-state index >= 15 is 0 Å². The minimum absolute atomic E-state index is 0.558. The largest absolute Gasteiger partial charge is 0.267 e. The van der Waals surface area contributed by atoms with Crippen LogP contribution in [0.5, 0.6) is 0 Å². The van der Waals surface area contributed by atoms with Crippen molar-refractivity contribution >= 4 is 28.1 Å². The van der Waals surface area contributed by atoms with Crippen molar-refractivity contribution < 1.29 is 0 Å². The molecule has 2 heterocycles. The number of halogens is 1. The van der Waals surface area contributed by atoms with Crippen LogP contribution in [0.1, 0.15) is 5.56 Å². The first-order valence-electron chi connectivity index (χ1n) is 6.01. The highest BCUT2D eigenvalue weighted by atomic mass is 79.9. The van der Waals surface area contributed by atoms with E-state index in [1.807, 2.05) is 35.8 Å². The van der Waals surface area contributed by atoms with Gasteiger partial charge in [0.1, 0.15) is 0 Å². The van der Waals surface area contributed by atoms with Crippen molar-refractivity contribution in [1.29, 1.82) is 0 Å². The minimum Gasteiger partial charge on any atom is -0.267 e. The number of H-pyrrole nitrogens is 1. The Morgan fingerprint density at radius 1 is 1.20 bits per heavy atom. The third-order valence-electron chi connectivity index (χ3n) is 2.95. The fourth-order valence-corrected chi connectivity index (χ4v) is 2.66. The number of rotatable bonds is 2. The van der Waals surface area contributed by atoms with Crippen molar-refractivity contribution in [2.45, 2.75) is 6.92 Å². The second-order valence-corrected chi connectivity index (χ2v) is 5.62. The van der Waals surface area contributed by atoms with Gasteiger partial charge in [-0.25, -0.2) is 0 Å². The number of aryl methyl sites for hydroxylation is 1. The zero-order chi connectivity index (χ0) is 14.1. The highest BCUT2D eigenvalue weighted by Crippen LogP contribution is 2.27. The molecule has 6 heteroatoms. The maximum atomic E-state index is 5.37. The number of nitrogens with one attached hydrogen (secondary N) is 1. The molecule has 0 spiro atoms. The van der Waals surface area contributed by atoms with Crippen LogP contribution in [0.3, 0.4) is 0 Å². The van der Waals surface area contributed by atoms with Gasteiger partial charge < -0.3 is 0 Å². The molecule has 0 atom stereocenters. The summed E-state index contributed by atoms with van der Waals surface area (Å²) in [5.74, 6) is 0.767. The van der Waals surface area contributed by atoms with Crippen LogP contribution < -0.4 is 0 Å². The first-order valence-corrected chi connectivity index (χ1v) is 7.21. The Morgan fingerprint density at radius 3 is 2.70 bits per heavy atom. The lowest BCUT2D eigenvalue weighted by molar-refractivity contribution is 1.03. The lowest BCUT2D eigenvalue weighted by Crippen LogP contribution is -1.99. The molecular weight excluding hydrogens is 336 g/mol. The Morgan fingerprint density at radius 2 is 1.95 bits per heavy atom. The van der Waals surface area contributed by atoms with Crippen molar-refractivity contribution in [2.75, 3.05) is 0 Å². The van der Waals surface area contributed by atoms with Crippen LogP contribution >= 0.6 is 28.1 Å². The molecule has 0 unspecified atom stereocenters. The molecule has 0 saturated heterocycles. The Kier molecular flexibility index (Phi) is 3.50. The summed E-state index contributed by atoms with van der Waals surface area (Å²) in [6, 6.07) is 9.94. The highest BCUT2D eigenvalue weighted by molar-refractivity contribution is 9.10. The van der Waals surface area contributed by atoms with Crippen LogP contribution in [0.15, 0.2) is 47.2 Å². The SMILES string of the molecule is Cc1ccc(Br)c(-n2c(-c3ccncc3)n[nH]c2=S)c1. The van der Waals surface area contributed by atoms with Gasteiger partial charge in [0, 0.05) is 22.4 Å². The molecule has 0 bridgehead atoms. The first-order chi connectivity index (χ1) is 9.66. The van der Waals surface area contributed by atoms with Crippen molar-refractivity contribution in [3.63, 3.8) is 0 Å². The summed E-state index contributed by atoms with van der Waals surface area (Å²) in [6.45, 7) is 2.05. The van der Waals surface area contributed by atoms with Crippen molar-refractivity contribution in [3.05, 3.63) is 57.5 Å². The molecule has 0 radical (unpaired) electrons. The molecule has 0 fully saturated rings. The zero-order valence-corrected chi connectivity index (χ0v) is 13.1. The molecule has 0 saturated carbocycles. The number of hydrogen-bond donors (Lipinski definition) is 1. The van der Waals surface area contributed by atoms with Crippen LogP contribution in [0.4, 0.5) is 0 Å². The first kappa shape index (κ1) is 13.2. The smallest absolute Gasteiger partial charge is 0.200 e. The fourth-order valence-electron chi connectivity index (χ4n) is 2.01. The van der Waals surface area contributed by atoms with Gasteiger partial charge in [0.2, 0.25) is 0 Å². The van der Waals surface area contributed by atoms with Crippen LogP contribution in [0.2, 0.25) is 0 Å². The maximum absolute atomic E-state index is 5.37. The average molecular weight is 347 g/mol. The van der Waals surface area contributed by atoms with Gasteiger partial charge in [-0.2, -0.15) is 5.10 Å². The molecule has 3 rings (SSSR count). The Bertz CT molecular complexity index is 808. The van der Waals surface area contributed by atoms with E-state index in [-0.39, 0.29) is 0 Å². The lowest BCUT2D eigenvalue weighted by Gasteiger charge is -2.10. The topological polar surface area (TPSA) is 46.5 Å². The summed E-state index contributed by atoms with van der Waals surface area (Å²) in [5.41, 5.74) is 3.09. The van der Waals surface area contributed by atoms with E-state index in [0.29, 0.717) is 4.77 Å². The van der Waals surface area contributed by atoms with Gasteiger partial charge in [0.15, 0.2) is 10.6 Å². The Balaban J connectivity index is 2.27. The summed E-state index contributed by atoms with van der Waals surface area (Å²) in [7, 11) is 0. The van der Waals surface area contributed by atoms with Crippen molar-refractivity contribution in [2.24, 2.45) is 0 Å². The van der Waals surface area contributed by atoms with E-state index in [4.69, 9.17) is 12.2 Å². The van der Waals surface area contributed by atoms with Gasteiger partial charge in [0.05, 0.1) is 5.69 Å². The van der Waals surface area contributed by atoms with E-state index in [1.165, 1.54) is 0 Å². The average Bonchev–Trinajstić information content (AvgIpc) is 2.84. The Hall–Kier alpha value is -1.79. The molecule has 20 heavy (non-hydrogen) atoms.